The van der Waals surface area contributed by atoms with Crippen LogP contribution < -0.4 is 10.1 Å². The van der Waals surface area contributed by atoms with Crippen LogP contribution in [0.3, 0.4) is 0 Å². The van der Waals surface area contributed by atoms with Gasteiger partial charge in [-0.2, -0.15) is 10.1 Å². The lowest BCUT2D eigenvalue weighted by Crippen LogP contribution is -2.28. The molecule has 2 aromatic rings. The fourth-order valence-electron chi connectivity index (χ4n) is 4.86. The largest absolute Gasteiger partial charge is 0.483 e. The Hall–Kier alpha value is -4.34. The van der Waals surface area contributed by atoms with E-state index >= 15 is 0 Å². The smallest absolute Gasteiger partial charge is 0.270 e. The first-order chi connectivity index (χ1) is 16.4. The van der Waals surface area contributed by atoms with Crippen LogP contribution in [0.15, 0.2) is 65.8 Å². The molecule has 1 heterocycles. The molecule has 1 saturated carbocycles. The molecule has 2 aliphatic carbocycles. The van der Waals surface area contributed by atoms with Gasteiger partial charge in [0.05, 0.1) is 23.0 Å². The summed E-state index contributed by atoms with van der Waals surface area (Å²) in [6.45, 7) is -0.353. The van der Waals surface area contributed by atoms with Gasteiger partial charge >= 0.3 is 0 Å². The number of hydrazone groups is 1. The maximum Gasteiger partial charge on any atom is 0.270 e. The van der Waals surface area contributed by atoms with Crippen molar-refractivity contribution >= 4 is 35.3 Å². The van der Waals surface area contributed by atoms with Crippen molar-refractivity contribution in [3.8, 4) is 5.75 Å². The summed E-state index contributed by atoms with van der Waals surface area (Å²) in [4.78, 5) is 48.5. The van der Waals surface area contributed by atoms with E-state index in [1.165, 1.54) is 24.4 Å². The van der Waals surface area contributed by atoms with Crippen LogP contribution in [0.1, 0.15) is 12.0 Å². The Kier molecular flexibility index (Phi) is 5.40. The number of non-ortho nitro benzene ring substituents is 1. The average molecular weight is 460 g/mol. The van der Waals surface area contributed by atoms with Crippen molar-refractivity contribution in [2.24, 2.45) is 28.8 Å². The van der Waals surface area contributed by atoms with Gasteiger partial charge in [0, 0.05) is 23.4 Å². The third kappa shape index (κ3) is 3.83. The fourth-order valence-corrected chi connectivity index (χ4v) is 4.86. The minimum absolute atomic E-state index is 0.0477. The average Bonchev–Trinajstić information content (AvgIpc) is 3.51. The van der Waals surface area contributed by atoms with Crippen LogP contribution in [0, 0.1) is 33.8 Å². The Morgan fingerprint density at radius 3 is 2.44 bits per heavy atom. The summed E-state index contributed by atoms with van der Waals surface area (Å²) in [6.07, 6.45) is 5.95. The number of carbonyl (C=O) groups excluding carboxylic acids is 3. The highest BCUT2D eigenvalue weighted by Crippen LogP contribution is 2.52. The van der Waals surface area contributed by atoms with Gasteiger partial charge in [-0.05, 0) is 36.5 Å². The summed E-state index contributed by atoms with van der Waals surface area (Å²) in [5, 5.41) is 18.8. The molecule has 0 aromatic heterocycles. The van der Waals surface area contributed by atoms with E-state index in [0.29, 0.717) is 5.69 Å². The van der Waals surface area contributed by atoms with Crippen LogP contribution in [0.25, 0.3) is 0 Å². The zero-order valence-corrected chi connectivity index (χ0v) is 17.9. The number of para-hydroxylation sites is 1. The van der Waals surface area contributed by atoms with Crippen LogP contribution in [0.2, 0.25) is 0 Å². The summed E-state index contributed by atoms with van der Waals surface area (Å²) in [7, 11) is 0. The number of fused-ring (bicyclic) bond motifs is 5. The predicted molar refractivity (Wildman–Crippen MR) is 121 cm³/mol. The Labute approximate surface area is 194 Å². The summed E-state index contributed by atoms with van der Waals surface area (Å²) >= 11 is 0. The molecule has 2 aromatic carbocycles. The minimum Gasteiger partial charge on any atom is -0.483 e. The number of nitro groups is 1. The Balaban J connectivity index is 1.33. The van der Waals surface area contributed by atoms with E-state index in [9.17, 15) is 24.5 Å². The number of nitro benzene ring substituents is 1. The molecule has 0 radical (unpaired) electrons. The first-order valence-electron chi connectivity index (χ1n) is 10.8. The van der Waals surface area contributed by atoms with E-state index in [1.807, 2.05) is 18.2 Å². The normalized spacial score (nSPS) is 24.6. The number of nitrogens with zero attached hydrogens (tertiary/aromatic N) is 3. The predicted octanol–water partition coefficient (Wildman–Crippen LogP) is 2.75. The molecule has 0 spiro atoms. The molecule has 34 heavy (non-hydrogen) atoms. The highest BCUT2D eigenvalue weighted by Gasteiger charge is 2.59. The second-order valence-electron chi connectivity index (χ2n) is 8.41. The van der Waals surface area contributed by atoms with Gasteiger partial charge in [-0.25, -0.2) is 0 Å². The molecule has 3 aliphatic rings. The van der Waals surface area contributed by atoms with E-state index in [2.05, 4.69) is 10.4 Å². The molecular weight excluding hydrogens is 440 g/mol. The number of hydrogen-bond donors (Lipinski definition) is 1. The van der Waals surface area contributed by atoms with Crippen LogP contribution >= 0.6 is 0 Å². The number of imide groups is 1. The second kappa shape index (κ2) is 8.54. The third-order valence-corrected chi connectivity index (χ3v) is 6.38. The van der Waals surface area contributed by atoms with Crippen molar-refractivity contribution in [1.29, 1.82) is 0 Å². The van der Waals surface area contributed by atoms with Gasteiger partial charge in [-0.15, -0.1) is 0 Å². The van der Waals surface area contributed by atoms with Crippen molar-refractivity contribution in [2.45, 2.75) is 6.42 Å². The van der Waals surface area contributed by atoms with Gasteiger partial charge in [-0.3, -0.25) is 24.5 Å². The minimum atomic E-state index is -0.580. The molecule has 3 amide bonds. The topological polar surface area (TPSA) is 131 Å². The number of anilines is 1. The molecule has 5 rings (SSSR count). The van der Waals surface area contributed by atoms with Crippen LogP contribution in [0.5, 0.6) is 5.75 Å². The molecule has 4 unspecified atom stereocenters. The van der Waals surface area contributed by atoms with Crippen LogP contribution in [-0.2, 0) is 14.4 Å². The van der Waals surface area contributed by atoms with Gasteiger partial charge in [0.2, 0.25) is 0 Å². The molecule has 4 atom stereocenters. The lowest BCUT2D eigenvalue weighted by Gasteiger charge is -2.13. The van der Waals surface area contributed by atoms with Gasteiger partial charge in [0.25, 0.3) is 23.4 Å². The van der Waals surface area contributed by atoms with Crippen molar-refractivity contribution < 1.29 is 24.0 Å². The maximum absolute atomic E-state index is 12.8. The van der Waals surface area contributed by atoms with E-state index in [4.69, 9.17) is 4.74 Å². The van der Waals surface area contributed by atoms with E-state index < -0.39 is 22.7 Å². The summed E-state index contributed by atoms with van der Waals surface area (Å²) in [5.74, 6) is -1.70. The standard InChI is InChI=1S/C24H20N4O6/c29-20(26-17-4-2-1-3-5-17)13-34-19-9-8-18(28(32)33)11-16(19)12-25-27-23(30)21-14-6-7-15(10-14)22(21)24(27)31/h1-9,11-12,14-15,21-22H,10,13H2,(H,26,29). The van der Waals surface area contributed by atoms with E-state index in [1.54, 1.807) is 24.3 Å². The van der Waals surface area contributed by atoms with Crippen LogP contribution in [0.4, 0.5) is 11.4 Å². The summed E-state index contributed by atoms with van der Waals surface area (Å²) in [5.41, 5.74) is 0.544. The summed E-state index contributed by atoms with van der Waals surface area (Å²) < 4.78 is 5.57. The molecular formula is C24H20N4O6. The lowest BCUT2D eigenvalue weighted by molar-refractivity contribution is -0.384. The van der Waals surface area contributed by atoms with Crippen LogP contribution in [-0.4, -0.2) is 40.5 Å². The quantitative estimate of drug-likeness (QED) is 0.222. The fraction of sp³-hybridized carbons (Fsp3) is 0.250. The SMILES string of the molecule is O=C(COc1ccc([N+](=O)[O-])cc1C=NN1C(=O)C2C3C=CC(C3)C2C1=O)Nc1ccccc1. The van der Waals surface area contributed by atoms with Gasteiger partial charge in [0.1, 0.15) is 5.75 Å². The Morgan fingerprint density at radius 1 is 1.12 bits per heavy atom. The van der Waals surface area contributed by atoms with Crippen molar-refractivity contribution in [2.75, 3.05) is 11.9 Å². The highest BCUT2D eigenvalue weighted by atomic mass is 16.6. The number of rotatable bonds is 7. The van der Waals surface area contributed by atoms with Gasteiger partial charge in [-0.1, -0.05) is 30.4 Å². The van der Waals surface area contributed by atoms with Gasteiger partial charge < -0.3 is 10.1 Å². The highest BCUT2D eigenvalue weighted by molar-refractivity contribution is 6.07. The zero-order chi connectivity index (χ0) is 23.8. The zero-order valence-electron chi connectivity index (χ0n) is 17.9. The van der Waals surface area contributed by atoms with E-state index in [-0.39, 0.29) is 47.3 Å². The van der Waals surface area contributed by atoms with Crippen molar-refractivity contribution in [1.82, 2.24) is 5.01 Å². The third-order valence-electron chi connectivity index (χ3n) is 6.38. The molecule has 10 nitrogen and oxygen atoms in total. The molecule has 1 N–H and O–H groups in total. The number of nitrogens with one attached hydrogen (secondary N) is 1. The molecule has 172 valence electrons. The maximum atomic E-state index is 12.8. The molecule has 2 fully saturated rings. The number of allylic oxidation sites excluding steroid dienone is 2. The van der Waals surface area contributed by atoms with E-state index in [0.717, 1.165) is 11.4 Å². The first-order valence-corrected chi connectivity index (χ1v) is 10.8. The molecule has 1 aliphatic heterocycles. The number of hydrogen-bond acceptors (Lipinski definition) is 7. The van der Waals surface area contributed by atoms with Gasteiger partial charge in [0.15, 0.2) is 6.61 Å². The van der Waals surface area contributed by atoms with Crippen molar-refractivity contribution in [3.63, 3.8) is 0 Å². The number of carbonyl (C=O) groups is 3. The number of amides is 3. The monoisotopic (exact) mass is 460 g/mol. The van der Waals surface area contributed by atoms with Crippen molar-refractivity contribution in [3.05, 3.63) is 76.4 Å². The number of benzene rings is 2. The Morgan fingerprint density at radius 2 is 1.79 bits per heavy atom. The second-order valence-corrected chi connectivity index (χ2v) is 8.41. The lowest BCUT2D eigenvalue weighted by atomic mass is 9.85. The molecule has 2 bridgehead atoms. The Bertz CT molecular complexity index is 1210. The number of ether oxygens (including phenoxy) is 1. The summed E-state index contributed by atoms with van der Waals surface area (Å²) in [6, 6.07) is 12.6. The molecule has 1 saturated heterocycles. The molecule has 10 heteroatoms. The first kappa shape index (κ1) is 21.5.